The molecular weight excluding hydrogens is 282 g/mol. The van der Waals surface area contributed by atoms with Crippen LogP contribution in [-0.2, 0) is 13.6 Å². The molecular formula is C12H12BrN3O. The molecule has 1 heterocycles. The zero-order valence-electron chi connectivity index (χ0n) is 9.35. The van der Waals surface area contributed by atoms with Crippen LogP contribution in [0.5, 0.6) is 0 Å². The molecule has 0 unspecified atom stereocenters. The second-order valence-electron chi connectivity index (χ2n) is 3.65. The van der Waals surface area contributed by atoms with E-state index in [1.807, 2.05) is 24.3 Å². The standard InChI is InChI=1S/C12H12BrN3O/c1-16-11(5-6-15-16)12(17)14-8-9-3-2-4-10(13)7-9/h2-7H,8H2,1H3,(H,14,17). The highest BCUT2D eigenvalue weighted by Crippen LogP contribution is 2.11. The number of carbonyl (C=O) groups excluding carboxylic acids is 1. The van der Waals surface area contributed by atoms with Crippen molar-refractivity contribution in [2.75, 3.05) is 0 Å². The van der Waals surface area contributed by atoms with E-state index in [-0.39, 0.29) is 5.91 Å². The molecule has 1 N–H and O–H groups in total. The number of halogens is 1. The molecule has 0 saturated heterocycles. The van der Waals surface area contributed by atoms with E-state index in [9.17, 15) is 4.79 Å². The third-order valence-corrected chi connectivity index (χ3v) is 2.89. The number of aryl methyl sites for hydroxylation is 1. The van der Waals surface area contributed by atoms with Crippen LogP contribution in [0.15, 0.2) is 41.0 Å². The van der Waals surface area contributed by atoms with Crippen LogP contribution < -0.4 is 5.32 Å². The third kappa shape index (κ3) is 2.94. The summed E-state index contributed by atoms with van der Waals surface area (Å²) < 4.78 is 2.56. The fourth-order valence-electron chi connectivity index (χ4n) is 1.52. The molecule has 2 rings (SSSR count). The summed E-state index contributed by atoms with van der Waals surface area (Å²) in [6.07, 6.45) is 1.61. The maximum atomic E-state index is 11.8. The predicted octanol–water partition coefficient (Wildman–Crippen LogP) is 2.11. The van der Waals surface area contributed by atoms with Crippen LogP contribution >= 0.6 is 15.9 Å². The highest BCUT2D eigenvalue weighted by molar-refractivity contribution is 9.10. The number of benzene rings is 1. The minimum atomic E-state index is -0.120. The molecule has 5 heteroatoms. The second-order valence-corrected chi connectivity index (χ2v) is 4.57. The van der Waals surface area contributed by atoms with Crippen LogP contribution in [0.4, 0.5) is 0 Å². The predicted molar refractivity (Wildman–Crippen MR) is 68.5 cm³/mol. The van der Waals surface area contributed by atoms with Gasteiger partial charge in [-0.2, -0.15) is 5.10 Å². The van der Waals surface area contributed by atoms with Crippen LogP contribution in [0, 0.1) is 0 Å². The molecule has 0 aliphatic heterocycles. The highest BCUT2D eigenvalue weighted by Gasteiger charge is 2.08. The van der Waals surface area contributed by atoms with E-state index in [1.54, 1.807) is 24.0 Å². The van der Waals surface area contributed by atoms with Crippen LogP contribution in [0.3, 0.4) is 0 Å². The average Bonchev–Trinajstić information content (AvgIpc) is 2.72. The Morgan fingerprint density at radius 1 is 1.47 bits per heavy atom. The van der Waals surface area contributed by atoms with Crippen molar-refractivity contribution in [3.8, 4) is 0 Å². The Labute approximate surface area is 108 Å². The number of rotatable bonds is 3. The normalized spacial score (nSPS) is 10.2. The van der Waals surface area contributed by atoms with Gasteiger partial charge in [-0.05, 0) is 23.8 Å². The van der Waals surface area contributed by atoms with Crippen molar-refractivity contribution in [3.63, 3.8) is 0 Å². The molecule has 17 heavy (non-hydrogen) atoms. The minimum Gasteiger partial charge on any atom is -0.347 e. The van der Waals surface area contributed by atoms with Crippen LogP contribution in [0.1, 0.15) is 16.1 Å². The number of nitrogens with zero attached hydrogens (tertiary/aromatic N) is 2. The molecule has 0 saturated carbocycles. The van der Waals surface area contributed by atoms with E-state index in [0.717, 1.165) is 10.0 Å². The molecule has 2 aromatic rings. The lowest BCUT2D eigenvalue weighted by Crippen LogP contribution is -2.25. The van der Waals surface area contributed by atoms with Gasteiger partial charge < -0.3 is 5.32 Å². The molecule has 4 nitrogen and oxygen atoms in total. The number of nitrogens with one attached hydrogen (secondary N) is 1. The minimum absolute atomic E-state index is 0.120. The average molecular weight is 294 g/mol. The van der Waals surface area contributed by atoms with Gasteiger partial charge in [0.05, 0.1) is 0 Å². The zero-order chi connectivity index (χ0) is 12.3. The van der Waals surface area contributed by atoms with Crippen molar-refractivity contribution in [2.45, 2.75) is 6.54 Å². The molecule has 0 fully saturated rings. The quantitative estimate of drug-likeness (QED) is 0.942. The lowest BCUT2D eigenvalue weighted by molar-refractivity contribution is 0.0941. The summed E-state index contributed by atoms with van der Waals surface area (Å²) in [6.45, 7) is 0.503. The molecule has 0 aliphatic rings. The Morgan fingerprint density at radius 3 is 2.94 bits per heavy atom. The van der Waals surface area contributed by atoms with Gasteiger partial charge in [-0.15, -0.1) is 0 Å². The summed E-state index contributed by atoms with van der Waals surface area (Å²) in [6, 6.07) is 9.52. The Morgan fingerprint density at radius 2 is 2.29 bits per heavy atom. The summed E-state index contributed by atoms with van der Waals surface area (Å²) in [4.78, 5) is 11.8. The maximum Gasteiger partial charge on any atom is 0.269 e. The lowest BCUT2D eigenvalue weighted by atomic mass is 10.2. The summed E-state index contributed by atoms with van der Waals surface area (Å²) in [7, 11) is 1.74. The van der Waals surface area contributed by atoms with E-state index in [4.69, 9.17) is 0 Å². The van der Waals surface area contributed by atoms with E-state index in [0.29, 0.717) is 12.2 Å². The smallest absolute Gasteiger partial charge is 0.269 e. The molecule has 1 aromatic heterocycles. The van der Waals surface area contributed by atoms with E-state index in [2.05, 4.69) is 26.3 Å². The van der Waals surface area contributed by atoms with Gasteiger partial charge >= 0.3 is 0 Å². The fraction of sp³-hybridized carbons (Fsp3) is 0.167. The monoisotopic (exact) mass is 293 g/mol. The van der Waals surface area contributed by atoms with Crippen molar-refractivity contribution in [2.24, 2.45) is 7.05 Å². The van der Waals surface area contributed by atoms with Crippen molar-refractivity contribution < 1.29 is 4.79 Å². The highest BCUT2D eigenvalue weighted by atomic mass is 79.9. The van der Waals surface area contributed by atoms with Crippen molar-refractivity contribution >= 4 is 21.8 Å². The van der Waals surface area contributed by atoms with Gasteiger partial charge in [0.25, 0.3) is 5.91 Å². The van der Waals surface area contributed by atoms with E-state index >= 15 is 0 Å². The molecule has 1 aromatic carbocycles. The van der Waals surface area contributed by atoms with Crippen molar-refractivity contribution in [1.29, 1.82) is 0 Å². The second kappa shape index (κ2) is 5.14. The number of hydrogen-bond acceptors (Lipinski definition) is 2. The molecule has 88 valence electrons. The Kier molecular flexibility index (Phi) is 3.58. The number of amides is 1. The van der Waals surface area contributed by atoms with Gasteiger partial charge in [-0.3, -0.25) is 9.48 Å². The van der Waals surface area contributed by atoms with Gasteiger partial charge in [0.15, 0.2) is 0 Å². The van der Waals surface area contributed by atoms with Gasteiger partial charge in [-0.25, -0.2) is 0 Å². The summed E-state index contributed by atoms with van der Waals surface area (Å²) in [5.41, 5.74) is 1.61. The molecule has 0 bridgehead atoms. The first-order valence-corrected chi connectivity index (χ1v) is 5.97. The molecule has 0 aliphatic carbocycles. The molecule has 0 spiro atoms. The Hall–Kier alpha value is -1.62. The van der Waals surface area contributed by atoms with Gasteiger partial charge in [-0.1, -0.05) is 28.1 Å². The lowest BCUT2D eigenvalue weighted by Gasteiger charge is -2.05. The first-order chi connectivity index (χ1) is 8.16. The van der Waals surface area contributed by atoms with Crippen LogP contribution in [0.25, 0.3) is 0 Å². The Bertz CT molecular complexity index is 536. The molecule has 0 radical (unpaired) electrons. The van der Waals surface area contributed by atoms with Crippen LogP contribution in [-0.4, -0.2) is 15.7 Å². The van der Waals surface area contributed by atoms with Gasteiger partial charge in [0.1, 0.15) is 5.69 Å². The van der Waals surface area contributed by atoms with Crippen molar-refractivity contribution in [1.82, 2.24) is 15.1 Å². The fourth-order valence-corrected chi connectivity index (χ4v) is 1.96. The number of hydrogen-bond donors (Lipinski definition) is 1. The first kappa shape index (κ1) is 11.9. The van der Waals surface area contributed by atoms with Crippen molar-refractivity contribution in [3.05, 3.63) is 52.3 Å². The van der Waals surface area contributed by atoms with E-state index < -0.39 is 0 Å². The van der Waals surface area contributed by atoms with Crippen LogP contribution in [0.2, 0.25) is 0 Å². The van der Waals surface area contributed by atoms with Gasteiger partial charge in [0, 0.05) is 24.3 Å². The third-order valence-electron chi connectivity index (χ3n) is 2.40. The summed E-state index contributed by atoms with van der Waals surface area (Å²) in [5.74, 6) is -0.120. The molecule has 1 amide bonds. The number of carbonyl (C=O) groups is 1. The Balaban J connectivity index is 1.99. The number of aromatic nitrogens is 2. The van der Waals surface area contributed by atoms with Gasteiger partial charge in [0.2, 0.25) is 0 Å². The zero-order valence-corrected chi connectivity index (χ0v) is 10.9. The topological polar surface area (TPSA) is 46.9 Å². The molecule has 0 atom stereocenters. The summed E-state index contributed by atoms with van der Waals surface area (Å²) >= 11 is 3.39. The summed E-state index contributed by atoms with van der Waals surface area (Å²) in [5, 5.41) is 6.80. The largest absolute Gasteiger partial charge is 0.347 e. The van der Waals surface area contributed by atoms with E-state index in [1.165, 1.54) is 0 Å². The SMILES string of the molecule is Cn1nccc1C(=O)NCc1cccc(Br)c1. The first-order valence-electron chi connectivity index (χ1n) is 5.17. The maximum absolute atomic E-state index is 11.8.